The molecule has 1 nitrogen and oxygen atoms in total. The maximum atomic E-state index is 4.75. The Hall–Kier alpha value is -2.41. The molecule has 0 bridgehead atoms. The monoisotopic (exact) mass is 315 g/mol. The van der Waals surface area contributed by atoms with Crippen molar-refractivity contribution in [3.8, 4) is 22.4 Å². The molecule has 0 atom stereocenters. The molecule has 1 heterocycles. The summed E-state index contributed by atoms with van der Waals surface area (Å²) in [4.78, 5) is 4.75. The average Bonchev–Trinajstić information content (AvgIpc) is 2.63. The first-order chi connectivity index (χ1) is 11.7. The average molecular weight is 315 g/mol. The van der Waals surface area contributed by atoms with Crippen molar-refractivity contribution in [1.82, 2.24) is 4.98 Å². The Morgan fingerprint density at radius 2 is 1.67 bits per heavy atom. The molecule has 0 aliphatic heterocycles. The van der Waals surface area contributed by atoms with Crippen molar-refractivity contribution in [2.24, 2.45) is 0 Å². The van der Waals surface area contributed by atoms with E-state index in [4.69, 9.17) is 4.98 Å². The minimum absolute atomic E-state index is 1.06. The molecule has 1 heteroatoms. The van der Waals surface area contributed by atoms with E-state index >= 15 is 0 Å². The van der Waals surface area contributed by atoms with Crippen LogP contribution in [0, 0.1) is 13.8 Å². The third-order valence-electron chi connectivity index (χ3n) is 4.61. The summed E-state index contributed by atoms with van der Waals surface area (Å²) >= 11 is 0. The van der Waals surface area contributed by atoms with Crippen LogP contribution in [0.2, 0.25) is 0 Å². The van der Waals surface area contributed by atoms with E-state index in [0.717, 1.165) is 17.7 Å². The maximum Gasteiger partial charge on any atom is 0.0705 e. The number of benzene rings is 2. The van der Waals surface area contributed by atoms with Gasteiger partial charge in [0.1, 0.15) is 0 Å². The van der Waals surface area contributed by atoms with Gasteiger partial charge in [-0.2, -0.15) is 0 Å². The first-order valence-corrected chi connectivity index (χ1v) is 8.81. The molecular weight excluding hydrogens is 290 g/mol. The van der Waals surface area contributed by atoms with Crippen LogP contribution in [0.25, 0.3) is 22.4 Å². The van der Waals surface area contributed by atoms with E-state index in [1.165, 1.54) is 40.7 Å². The molecule has 0 spiro atoms. The summed E-state index contributed by atoms with van der Waals surface area (Å²) in [6.45, 7) is 6.65. The molecule has 2 aromatic carbocycles. The number of rotatable bonds is 5. The Morgan fingerprint density at radius 1 is 0.875 bits per heavy atom. The standard InChI is InChI=1S/C23H25N/c1-4-5-9-20-14-17(2)15-22(18(20)3)23-13-12-21(16-24-23)19-10-7-6-8-11-19/h6-8,10-16H,4-5,9H2,1-3H3. The molecule has 0 saturated heterocycles. The topological polar surface area (TPSA) is 12.9 Å². The van der Waals surface area contributed by atoms with Gasteiger partial charge < -0.3 is 0 Å². The zero-order valence-corrected chi connectivity index (χ0v) is 14.8. The molecule has 3 rings (SSSR count). The number of pyridine rings is 1. The highest BCUT2D eigenvalue weighted by molar-refractivity contribution is 5.70. The second-order valence-corrected chi connectivity index (χ2v) is 6.50. The molecule has 0 unspecified atom stereocenters. The van der Waals surface area contributed by atoms with Gasteiger partial charge >= 0.3 is 0 Å². The predicted molar refractivity (Wildman–Crippen MR) is 103 cm³/mol. The Labute approximate surface area is 145 Å². The van der Waals surface area contributed by atoms with Gasteiger partial charge in [-0.3, -0.25) is 4.98 Å². The summed E-state index contributed by atoms with van der Waals surface area (Å²) in [7, 11) is 0. The van der Waals surface area contributed by atoms with Crippen LogP contribution in [0.5, 0.6) is 0 Å². The fourth-order valence-corrected chi connectivity index (χ4v) is 3.18. The number of nitrogens with zero attached hydrogens (tertiary/aromatic N) is 1. The third-order valence-corrected chi connectivity index (χ3v) is 4.61. The smallest absolute Gasteiger partial charge is 0.0705 e. The van der Waals surface area contributed by atoms with Gasteiger partial charge in [0.15, 0.2) is 0 Å². The number of hydrogen-bond acceptors (Lipinski definition) is 1. The molecule has 0 radical (unpaired) electrons. The van der Waals surface area contributed by atoms with Crippen LogP contribution >= 0.6 is 0 Å². The van der Waals surface area contributed by atoms with Crippen molar-refractivity contribution >= 4 is 0 Å². The van der Waals surface area contributed by atoms with Gasteiger partial charge in [-0.25, -0.2) is 0 Å². The number of hydrogen-bond donors (Lipinski definition) is 0. The molecule has 0 saturated carbocycles. The first kappa shape index (κ1) is 16.4. The van der Waals surface area contributed by atoms with Crippen LogP contribution in [0.15, 0.2) is 60.8 Å². The normalized spacial score (nSPS) is 10.8. The van der Waals surface area contributed by atoms with E-state index in [2.05, 4.69) is 69.3 Å². The van der Waals surface area contributed by atoms with Gasteiger partial charge in [-0.05, 0) is 55.5 Å². The van der Waals surface area contributed by atoms with Gasteiger partial charge in [-0.15, -0.1) is 0 Å². The third kappa shape index (κ3) is 3.56. The summed E-state index contributed by atoms with van der Waals surface area (Å²) in [6, 6.07) is 19.3. The van der Waals surface area contributed by atoms with Crippen molar-refractivity contribution in [3.05, 3.63) is 77.5 Å². The van der Waals surface area contributed by atoms with E-state index in [0.29, 0.717) is 0 Å². The molecule has 0 N–H and O–H groups in total. The molecule has 24 heavy (non-hydrogen) atoms. The van der Waals surface area contributed by atoms with Gasteiger partial charge in [0.2, 0.25) is 0 Å². The lowest BCUT2D eigenvalue weighted by atomic mass is 9.93. The fraction of sp³-hybridized carbons (Fsp3) is 0.261. The van der Waals surface area contributed by atoms with E-state index < -0.39 is 0 Å². The van der Waals surface area contributed by atoms with Crippen LogP contribution in [-0.2, 0) is 6.42 Å². The summed E-state index contributed by atoms with van der Waals surface area (Å²) < 4.78 is 0. The first-order valence-electron chi connectivity index (χ1n) is 8.81. The highest BCUT2D eigenvalue weighted by Gasteiger charge is 2.09. The molecule has 0 aliphatic rings. The van der Waals surface area contributed by atoms with Crippen LogP contribution in [0.4, 0.5) is 0 Å². The molecule has 0 fully saturated rings. The van der Waals surface area contributed by atoms with E-state index in [-0.39, 0.29) is 0 Å². The van der Waals surface area contributed by atoms with Crippen LogP contribution in [0.1, 0.15) is 36.5 Å². The van der Waals surface area contributed by atoms with Gasteiger partial charge in [0.05, 0.1) is 5.69 Å². The summed E-state index contributed by atoms with van der Waals surface area (Å²) in [5.74, 6) is 0. The van der Waals surface area contributed by atoms with E-state index in [9.17, 15) is 0 Å². The lowest BCUT2D eigenvalue weighted by Crippen LogP contribution is -1.96. The van der Waals surface area contributed by atoms with E-state index in [1.807, 2.05) is 12.3 Å². The number of aryl methyl sites for hydroxylation is 2. The van der Waals surface area contributed by atoms with Crippen LogP contribution in [-0.4, -0.2) is 4.98 Å². The molecule has 3 aromatic rings. The van der Waals surface area contributed by atoms with Crippen molar-refractivity contribution < 1.29 is 0 Å². The highest BCUT2D eigenvalue weighted by atomic mass is 14.7. The van der Waals surface area contributed by atoms with E-state index in [1.54, 1.807) is 0 Å². The van der Waals surface area contributed by atoms with Gasteiger partial charge in [0.25, 0.3) is 0 Å². The SMILES string of the molecule is CCCCc1cc(C)cc(-c2ccc(-c3ccccc3)cn2)c1C. The Bertz CT molecular complexity index is 801. The number of aromatic nitrogens is 1. The van der Waals surface area contributed by atoms with Crippen LogP contribution in [0.3, 0.4) is 0 Å². The Kier molecular flexibility index (Phi) is 5.10. The quantitative estimate of drug-likeness (QED) is 0.532. The summed E-state index contributed by atoms with van der Waals surface area (Å²) in [5.41, 5.74) is 8.84. The lowest BCUT2D eigenvalue weighted by Gasteiger charge is -2.13. The zero-order valence-electron chi connectivity index (χ0n) is 14.8. The molecule has 0 amide bonds. The minimum atomic E-state index is 1.06. The second-order valence-electron chi connectivity index (χ2n) is 6.50. The van der Waals surface area contributed by atoms with Gasteiger partial charge in [-0.1, -0.05) is 61.4 Å². The van der Waals surface area contributed by atoms with Gasteiger partial charge in [0, 0.05) is 17.3 Å². The molecule has 1 aromatic heterocycles. The maximum absolute atomic E-state index is 4.75. The summed E-state index contributed by atoms with van der Waals surface area (Å²) in [6.07, 6.45) is 5.61. The molecule has 0 aliphatic carbocycles. The highest BCUT2D eigenvalue weighted by Crippen LogP contribution is 2.28. The van der Waals surface area contributed by atoms with Crippen molar-refractivity contribution in [2.45, 2.75) is 40.0 Å². The Balaban J connectivity index is 1.96. The lowest BCUT2D eigenvalue weighted by molar-refractivity contribution is 0.791. The predicted octanol–water partition coefficient (Wildman–Crippen LogP) is 6.38. The number of unbranched alkanes of at least 4 members (excludes halogenated alkanes) is 1. The van der Waals surface area contributed by atoms with Crippen LogP contribution < -0.4 is 0 Å². The second kappa shape index (κ2) is 7.44. The van der Waals surface area contributed by atoms with Crippen molar-refractivity contribution in [1.29, 1.82) is 0 Å². The summed E-state index contributed by atoms with van der Waals surface area (Å²) in [5, 5.41) is 0. The zero-order chi connectivity index (χ0) is 16.9. The molecule has 122 valence electrons. The fourth-order valence-electron chi connectivity index (χ4n) is 3.18. The largest absolute Gasteiger partial charge is 0.256 e. The Morgan fingerprint density at radius 3 is 2.33 bits per heavy atom. The minimum Gasteiger partial charge on any atom is -0.256 e. The molecular formula is C23H25N. The van der Waals surface area contributed by atoms with Crippen molar-refractivity contribution in [2.75, 3.05) is 0 Å². The van der Waals surface area contributed by atoms with Crippen molar-refractivity contribution in [3.63, 3.8) is 0 Å².